The molecular formula is C28H39NO4. The first-order chi connectivity index (χ1) is 15.6. The first-order valence-electron chi connectivity index (χ1n) is 11.8. The van der Waals surface area contributed by atoms with E-state index in [0.717, 1.165) is 11.1 Å². The average molecular weight is 454 g/mol. The number of rotatable bonds is 12. The van der Waals surface area contributed by atoms with E-state index >= 15 is 0 Å². The van der Waals surface area contributed by atoms with Crippen LogP contribution in [-0.4, -0.2) is 31.2 Å². The van der Waals surface area contributed by atoms with Crippen molar-refractivity contribution in [1.82, 2.24) is 5.32 Å². The quantitative estimate of drug-likeness (QED) is 0.430. The summed E-state index contributed by atoms with van der Waals surface area (Å²) in [5, 5.41) is 3.61. The minimum absolute atomic E-state index is 0.167. The van der Waals surface area contributed by atoms with Crippen LogP contribution in [0.4, 0.5) is 0 Å². The van der Waals surface area contributed by atoms with Crippen molar-refractivity contribution >= 4 is 11.9 Å². The zero-order valence-corrected chi connectivity index (χ0v) is 20.9. The van der Waals surface area contributed by atoms with Gasteiger partial charge < -0.3 is 14.8 Å². The molecular weight excluding hydrogens is 414 g/mol. The van der Waals surface area contributed by atoms with Gasteiger partial charge in [-0.2, -0.15) is 0 Å². The van der Waals surface area contributed by atoms with E-state index in [1.807, 2.05) is 90.1 Å². The number of carbonyl (C=O) groups excluding carboxylic acids is 2. The molecule has 0 amide bonds. The van der Waals surface area contributed by atoms with Gasteiger partial charge in [0.15, 0.2) is 0 Å². The number of nitrogens with one attached hydrogen (secondary N) is 1. The molecule has 0 spiro atoms. The summed E-state index contributed by atoms with van der Waals surface area (Å²) in [6.45, 7) is 12.6. The van der Waals surface area contributed by atoms with E-state index in [-0.39, 0.29) is 23.9 Å². The average Bonchev–Trinajstić information content (AvgIpc) is 2.80. The summed E-state index contributed by atoms with van der Waals surface area (Å²) in [6.07, 6.45) is 0.564. The monoisotopic (exact) mass is 453 g/mol. The van der Waals surface area contributed by atoms with Crippen LogP contribution in [0.25, 0.3) is 0 Å². The topological polar surface area (TPSA) is 64.6 Å². The maximum Gasteiger partial charge on any atom is 0.313 e. The van der Waals surface area contributed by atoms with Crippen LogP contribution in [0.5, 0.6) is 0 Å². The second-order valence-electron chi connectivity index (χ2n) is 9.50. The maximum atomic E-state index is 13.0. The number of hydrogen-bond acceptors (Lipinski definition) is 5. The zero-order chi connectivity index (χ0) is 24.5. The molecule has 0 bridgehead atoms. The predicted molar refractivity (Wildman–Crippen MR) is 132 cm³/mol. The molecule has 0 aliphatic carbocycles. The lowest BCUT2D eigenvalue weighted by Crippen LogP contribution is -2.49. The Balaban J connectivity index is 2.44. The zero-order valence-electron chi connectivity index (χ0n) is 20.9. The van der Waals surface area contributed by atoms with E-state index in [1.165, 1.54) is 0 Å². The summed E-state index contributed by atoms with van der Waals surface area (Å²) < 4.78 is 10.9. The lowest BCUT2D eigenvalue weighted by atomic mass is 9.68. The molecule has 0 radical (unpaired) electrons. The highest BCUT2D eigenvalue weighted by atomic mass is 16.5. The molecule has 0 aromatic heterocycles. The SMILES string of the molecule is CCOC(=O)C(C)(C)[C@H](C[C@@H](NCc1ccccc1)C(C)(C)C(=O)OCC)c1ccccc1. The molecule has 0 fully saturated rings. The molecule has 1 N–H and O–H groups in total. The molecule has 33 heavy (non-hydrogen) atoms. The fourth-order valence-corrected chi connectivity index (χ4v) is 4.16. The molecule has 180 valence electrons. The lowest BCUT2D eigenvalue weighted by Gasteiger charge is -2.40. The molecule has 2 aromatic carbocycles. The van der Waals surface area contributed by atoms with E-state index in [0.29, 0.717) is 26.2 Å². The smallest absolute Gasteiger partial charge is 0.313 e. The van der Waals surface area contributed by atoms with Gasteiger partial charge in [0.2, 0.25) is 0 Å². The Morgan fingerprint density at radius 3 is 1.79 bits per heavy atom. The number of ether oxygens (including phenoxy) is 2. The Morgan fingerprint density at radius 2 is 1.27 bits per heavy atom. The summed E-state index contributed by atoms with van der Waals surface area (Å²) in [6, 6.07) is 19.8. The third kappa shape index (κ3) is 6.91. The van der Waals surface area contributed by atoms with Gasteiger partial charge in [-0.05, 0) is 59.1 Å². The molecule has 2 rings (SSSR count). The second kappa shape index (κ2) is 12.0. The lowest BCUT2D eigenvalue weighted by molar-refractivity contribution is -0.156. The number of carbonyl (C=O) groups is 2. The summed E-state index contributed by atoms with van der Waals surface area (Å²) in [7, 11) is 0. The van der Waals surface area contributed by atoms with E-state index < -0.39 is 10.8 Å². The van der Waals surface area contributed by atoms with Crippen molar-refractivity contribution < 1.29 is 19.1 Å². The second-order valence-corrected chi connectivity index (χ2v) is 9.50. The summed E-state index contributed by atoms with van der Waals surface area (Å²) in [5.41, 5.74) is 0.585. The fraction of sp³-hybridized carbons (Fsp3) is 0.500. The normalized spacial score (nSPS) is 13.8. The Kier molecular flexibility index (Phi) is 9.66. The van der Waals surface area contributed by atoms with Gasteiger partial charge in [-0.25, -0.2) is 0 Å². The number of benzene rings is 2. The van der Waals surface area contributed by atoms with Crippen molar-refractivity contribution in [2.45, 2.75) is 66.5 Å². The van der Waals surface area contributed by atoms with Crippen LogP contribution < -0.4 is 5.32 Å². The van der Waals surface area contributed by atoms with Gasteiger partial charge >= 0.3 is 11.9 Å². The predicted octanol–water partition coefficient (Wildman–Crippen LogP) is 5.50. The molecule has 0 saturated carbocycles. The Bertz CT molecular complexity index is 877. The molecule has 0 aliphatic rings. The molecule has 0 unspecified atom stereocenters. The van der Waals surface area contributed by atoms with Crippen LogP contribution >= 0.6 is 0 Å². The van der Waals surface area contributed by atoms with Crippen LogP contribution in [0.1, 0.15) is 65.0 Å². The highest BCUT2D eigenvalue weighted by molar-refractivity contribution is 5.78. The maximum absolute atomic E-state index is 13.0. The summed E-state index contributed by atoms with van der Waals surface area (Å²) in [5.74, 6) is -0.661. The van der Waals surface area contributed by atoms with E-state index in [2.05, 4.69) is 17.4 Å². The van der Waals surface area contributed by atoms with Crippen molar-refractivity contribution in [2.24, 2.45) is 10.8 Å². The fourth-order valence-electron chi connectivity index (χ4n) is 4.16. The van der Waals surface area contributed by atoms with Gasteiger partial charge in [-0.1, -0.05) is 60.7 Å². The van der Waals surface area contributed by atoms with Crippen LogP contribution in [0.3, 0.4) is 0 Å². The molecule has 2 atom stereocenters. The van der Waals surface area contributed by atoms with Crippen molar-refractivity contribution in [3.8, 4) is 0 Å². The molecule has 0 heterocycles. The number of hydrogen-bond donors (Lipinski definition) is 1. The van der Waals surface area contributed by atoms with Crippen LogP contribution in [0.15, 0.2) is 60.7 Å². The van der Waals surface area contributed by atoms with E-state index in [1.54, 1.807) is 0 Å². The Morgan fingerprint density at radius 1 is 0.788 bits per heavy atom. The van der Waals surface area contributed by atoms with Crippen molar-refractivity contribution in [3.05, 3.63) is 71.8 Å². The molecule has 5 heteroatoms. The largest absolute Gasteiger partial charge is 0.466 e. The van der Waals surface area contributed by atoms with Crippen LogP contribution in [0.2, 0.25) is 0 Å². The minimum atomic E-state index is -0.803. The van der Waals surface area contributed by atoms with Crippen molar-refractivity contribution in [1.29, 1.82) is 0 Å². The third-order valence-electron chi connectivity index (χ3n) is 6.41. The highest BCUT2D eigenvalue weighted by Crippen LogP contribution is 2.43. The van der Waals surface area contributed by atoms with Crippen molar-refractivity contribution in [3.63, 3.8) is 0 Å². The van der Waals surface area contributed by atoms with E-state index in [4.69, 9.17) is 9.47 Å². The van der Waals surface area contributed by atoms with Gasteiger partial charge in [-0.3, -0.25) is 9.59 Å². The molecule has 5 nitrogen and oxygen atoms in total. The summed E-state index contributed by atoms with van der Waals surface area (Å²) >= 11 is 0. The van der Waals surface area contributed by atoms with Crippen LogP contribution in [-0.2, 0) is 25.6 Å². The van der Waals surface area contributed by atoms with Crippen LogP contribution in [0, 0.1) is 10.8 Å². The first-order valence-corrected chi connectivity index (χ1v) is 11.8. The van der Waals surface area contributed by atoms with Gasteiger partial charge in [0.05, 0.1) is 24.0 Å². The van der Waals surface area contributed by atoms with E-state index in [9.17, 15) is 9.59 Å². The standard InChI is InChI=1S/C28H39NO4/c1-7-32-25(30)27(3,4)23(22-17-13-10-14-18-22)19-24(28(5,6)26(31)33-8-2)29-20-21-15-11-9-12-16-21/h9-18,23-24,29H,7-8,19-20H2,1-6H3/t23-,24-/m1/s1. The third-order valence-corrected chi connectivity index (χ3v) is 6.41. The van der Waals surface area contributed by atoms with Gasteiger partial charge in [0, 0.05) is 18.5 Å². The summed E-state index contributed by atoms with van der Waals surface area (Å²) in [4.78, 5) is 26.0. The molecule has 0 aliphatic heterocycles. The highest BCUT2D eigenvalue weighted by Gasteiger charge is 2.45. The first kappa shape index (κ1) is 26.6. The Hall–Kier alpha value is -2.66. The molecule has 2 aromatic rings. The number of esters is 2. The van der Waals surface area contributed by atoms with Gasteiger partial charge in [0.25, 0.3) is 0 Å². The van der Waals surface area contributed by atoms with Gasteiger partial charge in [-0.15, -0.1) is 0 Å². The molecule has 0 saturated heterocycles. The van der Waals surface area contributed by atoms with Crippen molar-refractivity contribution in [2.75, 3.05) is 13.2 Å². The minimum Gasteiger partial charge on any atom is -0.466 e. The van der Waals surface area contributed by atoms with Gasteiger partial charge in [0.1, 0.15) is 0 Å². The Labute approximate surface area is 198 Å².